The lowest BCUT2D eigenvalue weighted by atomic mass is 10.1. The van der Waals surface area contributed by atoms with E-state index >= 15 is 0 Å². The Labute approximate surface area is 138 Å². The van der Waals surface area contributed by atoms with E-state index in [4.69, 9.17) is 5.11 Å². The van der Waals surface area contributed by atoms with Gasteiger partial charge in [0.25, 0.3) is 5.82 Å². The van der Waals surface area contributed by atoms with Crippen LogP contribution in [0, 0.1) is 6.92 Å². The van der Waals surface area contributed by atoms with Crippen LogP contribution in [-0.2, 0) is 19.5 Å². The van der Waals surface area contributed by atoms with Gasteiger partial charge < -0.3 is 5.11 Å². The summed E-state index contributed by atoms with van der Waals surface area (Å²) in [4.78, 5) is 11.0. The second-order valence-electron chi connectivity index (χ2n) is 6.07. The minimum atomic E-state index is -0.877. The highest BCUT2D eigenvalue weighted by molar-refractivity contribution is 5.87. The van der Waals surface area contributed by atoms with E-state index in [1.807, 2.05) is 12.1 Å². The summed E-state index contributed by atoms with van der Waals surface area (Å²) in [6.45, 7) is 8.42. The molecule has 1 aromatic carbocycles. The lowest BCUT2D eigenvalue weighted by Gasteiger charge is -2.05. The molecule has 4 heteroatoms. The topological polar surface area (TPSA) is 46.1 Å². The number of carboxylic acids is 1. The number of aryl methyl sites for hydroxylation is 1. The smallest absolute Gasteiger partial charge is 0.335 e. The molecule has 2 aromatic rings. The van der Waals surface area contributed by atoms with Crippen molar-refractivity contribution in [1.82, 2.24) is 4.57 Å². The van der Waals surface area contributed by atoms with Gasteiger partial charge in [-0.25, -0.2) is 13.9 Å². The van der Waals surface area contributed by atoms with Crippen LogP contribution in [0.5, 0.6) is 0 Å². The molecular formula is C19H27N2O2+. The predicted molar refractivity (Wildman–Crippen MR) is 90.8 cm³/mol. The number of carboxylic acid groups (broad SMARTS) is 1. The van der Waals surface area contributed by atoms with Crippen LogP contribution in [0.25, 0.3) is 0 Å². The predicted octanol–water partition coefficient (Wildman–Crippen LogP) is 3.58. The van der Waals surface area contributed by atoms with E-state index in [0.29, 0.717) is 5.56 Å². The van der Waals surface area contributed by atoms with E-state index in [0.717, 1.165) is 31.5 Å². The average Bonchev–Trinajstić information content (AvgIpc) is 2.81. The van der Waals surface area contributed by atoms with E-state index < -0.39 is 5.97 Å². The first-order valence-corrected chi connectivity index (χ1v) is 8.47. The molecule has 0 aliphatic heterocycles. The number of hydrogen-bond acceptors (Lipinski definition) is 1. The van der Waals surface area contributed by atoms with Gasteiger partial charge in [0.05, 0.1) is 12.1 Å². The number of benzene rings is 1. The Morgan fingerprint density at radius 2 is 1.87 bits per heavy atom. The first kappa shape index (κ1) is 17.3. The molecule has 0 spiro atoms. The molecule has 0 amide bonds. The third-order valence-electron chi connectivity index (χ3n) is 4.17. The number of nitrogens with zero attached hydrogens (tertiary/aromatic N) is 2. The zero-order valence-corrected chi connectivity index (χ0v) is 14.4. The van der Waals surface area contributed by atoms with Gasteiger partial charge in [0.15, 0.2) is 0 Å². The van der Waals surface area contributed by atoms with Gasteiger partial charge >= 0.3 is 5.97 Å². The summed E-state index contributed by atoms with van der Waals surface area (Å²) in [6.07, 6.45) is 6.79. The van der Waals surface area contributed by atoms with Crippen molar-refractivity contribution in [1.29, 1.82) is 0 Å². The molecule has 0 bridgehead atoms. The molecule has 0 saturated carbocycles. The molecule has 23 heavy (non-hydrogen) atoms. The van der Waals surface area contributed by atoms with Crippen molar-refractivity contribution in [2.24, 2.45) is 0 Å². The molecular weight excluding hydrogens is 288 g/mol. The van der Waals surface area contributed by atoms with E-state index in [-0.39, 0.29) is 0 Å². The Morgan fingerprint density at radius 3 is 2.43 bits per heavy atom. The maximum absolute atomic E-state index is 11.0. The molecule has 1 heterocycles. The number of imidazole rings is 1. The van der Waals surface area contributed by atoms with Crippen molar-refractivity contribution in [3.8, 4) is 0 Å². The fourth-order valence-corrected chi connectivity index (χ4v) is 2.96. The second-order valence-corrected chi connectivity index (χ2v) is 6.07. The number of hydrogen-bond donors (Lipinski definition) is 1. The van der Waals surface area contributed by atoms with Crippen LogP contribution in [-0.4, -0.2) is 15.6 Å². The molecule has 4 nitrogen and oxygen atoms in total. The molecule has 0 atom stereocenters. The van der Waals surface area contributed by atoms with Crippen molar-refractivity contribution in [3.63, 3.8) is 0 Å². The van der Waals surface area contributed by atoms with Crippen LogP contribution in [0.2, 0.25) is 0 Å². The van der Waals surface area contributed by atoms with E-state index in [1.54, 1.807) is 12.1 Å². The van der Waals surface area contributed by atoms with E-state index in [2.05, 4.69) is 36.1 Å². The number of carbonyl (C=O) groups is 1. The molecule has 1 aromatic heterocycles. The van der Waals surface area contributed by atoms with E-state index in [1.165, 1.54) is 24.4 Å². The normalized spacial score (nSPS) is 10.9. The van der Waals surface area contributed by atoms with Gasteiger partial charge in [-0.1, -0.05) is 32.4 Å². The molecule has 0 fully saturated rings. The zero-order valence-electron chi connectivity index (χ0n) is 14.4. The van der Waals surface area contributed by atoms with Gasteiger partial charge in [-0.05, 0) is 30.5 Å². The quantitative estimate of drug-likeness (QED) is 0.757. The highest BCUT2D eigenvalue weighted by Crippen LogP contribution is 2.10. The molecule has 2 rings (SSSR count). The summed E-state index contributed by atoms with van der Waals surface area (Å²) in [5.74, 6) is 0.492. The van der Waals surface area contributed by atoms with Gasteiger partial charge in [0.2, 0.25) is 0 Å². The van der Waals surface area contributed by atoms with Crippen molar-refractivity contribution < 1.29 is 14.5 Å². The maximum Gasteiger partial charge on any atom is 0.335 e. The lowest BCUT2D eigenvalue weighted by molar-refractivity contribution is -0.695. The highest BCUT2D eigenvalue weighted by Gasteiger charge is 2.20. The first-order chi connectivity index (χ1) is 11.1. The Bertz CT molecular complexity index is 657. The van der Waals surface area contributed by atoms with Gasteiger partial charge in [-0.2, -0.15) is 0 Å². The van der Waals surface area contributed by atoms with Gasteiger partial charge in [-0.3, -0.25) is 0 Å². The second kappa shape index (κ2) is 7.95. The van der Waals surface area contributed by atoms with Crippen LogP contribution < -0.4 is 4.57 Å². The minimum Gasteiger partial charge on any atom is -0.478 e. The minimum absolute atomic E-state index is 0.338. The Morgan fingerprint density at radius 1 is 1.17 bits per heavy atom. The van der Waals surface area contributed by atoms with Crippen LogP contribution in [0.3, 0.4) is 0 Å². The number of unbranched alkanes of at least 4 members (excludes halogenated alkanes) is 1. The SMILES string of the molecule is CCCCc1n(CCC)c(C)c[n+]1Cc1ccc(C(=O)O)cc1. The summed E-state index contributed by atoms with van der Waals surface area (Å²) < 4.78 is 4.73. The number of aromatic nitrogens is 2. The Balaban J connectivity index is 2.27. The molecule has 0 saturated heterocycles. The van der Waals surface area contributed by atoms with Crippen molar-refractivity contribution in [3.05, 3.63) is 53.1 Å². The van der Waals surface area contributed by atoms with E-state index in [9.17, 15) is 4.79 Å². The molecule has 1 N–H and O–H groups in total. The molecule has 0 unspecified atom stereocenters. The largest absolute Gasteiger partial charge is 0.478 e. The summed E-state index contributed by atoms with van der Waals surface area (Å²) in [5, 5.41) is 9.00. The fourth-order valence-electron chi connectivity index (χ4n) is 2.96. The summed E-state index contributed by atoms with van der Waals surface area (Å²) in [7, 11) is 0. The number of rotatable bonds is 8. The average molecular weight is 315 g/mol. The molecule has 0 aliphatic carbocycles. The summed E-state index contributed by atoms with van der Waals surface area (Å²) in [5.41, 5.74) is 2.76. The molecule has 0 aliphatic rings. The van der Waals surface area contributed by atoms with Gasteiger partial charge in [0.1, 0.15) is 18.4 Å². The van der Waals surface area contributed by atoms with Crippen molar-refractivity contribution in [2.45, 2.75) is 59.5 Å². The van der Waals surface area contributed by atoms with Crippen molar-refractivity contribution in [2.75, 3.05) is 0 Å². The van der Waals surface area contributed by atoms with Crippen molar-refractivity contribution >= 4 is 5.97 Å². The highest BCUT2D eigenvalue weighted by atomic mass is 16.4. The summed E-state index contributed by atoms with van der Waals surface area (Å²) in [6, 6.07) is 7.18. The summed E-state index contributed by atoms with van der Waals surface area (Å²) >= 11 is 0. The maximum atomic E-state index is 11.0. The van der Waals surface area contributed by atoms with Crippen LogP contribution in [0.1, 0.15) is 60.5 Å². The third-order valence-corrected chi connectivity index (χ3v) is 4.17. The van der Waals surface area contributed by atoms with Gasteiger partial charge in [0, 0.05) is 13.3 Å². The zero-order chi connectivity index (χ0) is 16.8. The van der Waals surface area contributed by atoms with Crippen LogP contribution in [0.15, 0.2) is 30.5 Å². The Hall–Kier alpha value is -2.10. The first-order valence-electron chi connectivity index (χ1n) is 8.47. The van der Waals surface area contributed by atoms with Gasteiger partial charge in [-0.15, -0.1) is 0 Å². The fraction of sp³-hybridized carbons (Fsp3) is 0.474. The number of aromatic carboxylic acids is 1. The Kier molecular flexibility index (Phi) is 5.97. The monoisotopic (exact) mass is 315 g/mol. The third kappa shape index (κ3) is 4.21. The molecule has 0 radical (unpaired) electrons. The standard InChI is InChI=1S/C19H26N2O2/c1-4-6-7-18-20(13-15(3)21(18)12-5-2)14-16-8-10-17(11-9-16)19(22)23/h8-11,13H,4-7,12,14H2,1-3H3/p+1. The van der Waals surface area contributed by atoms with Crippen LogP contribution >= 0.6 is 0 Å². The lowest BCUT2D eigenvalue weighted by Crippen LogP contribution is -2.37. The van der Waals surface area contributed by atoms with Crippen LogP contribution in [0.4, 0.5) is 0 Å². The molecule has 124 valence electrons.